The molecule has 3 aromatic rings. The number of nitrogens with zero attached hydrogens (tertiary/aromatic N) is 2. The van der Waals surface area contributed by atoms with Crippen molar-refractivity contribution in [2.45, 2.75) is 26.3 Å². The Kier molecular flexibility index (Phi) is 7.36. The second-order valence-corrected chi connectivity index (χ2v) is 8.72. The first-order valence-corrected chi connectivity index (χ1v) is 11.8. The number of piperidine rings is 1. The van der Waals surface area contributed by atoms with Gasteiger partial charge in [0.2, 0.25) is 5.91 Å². The van der Waals surface area contributed by atoms with Gasteiger partial charge in [0, 0.05) is 37.6 Å². The third-order valence-corrected chi connectivity index (χ3v) is 6.42. The van der Waals surface area contributed by atoms with Crippen molar-refractivity contribution in [3.63, 3.8) is 0 Å². The van der Waals surface area contributed by atoms with Crippen LogP contribution in [-0.4, -0.2) is 55.5 Å². The van der Waals surface area contributed by atoms with Crippen LogP contribution in [-0.2, 0) is 11.3 Å². The van der Waals surface area contributed by atoms with E-state index in [1.54, 1.807) is 12.0 Å². The number of carbonyl (C=O) groups is 2. The van der Waals surface area contributed by atoms with Gasteiger partial charge >= 0.3 is 0 Å². The van der Waals surface area contributed by atoms with Crippen LogP contribution >= 0.6 is 0 Å². The molecule has 0 radical (unpaired) electrons. The molecule has 0 spiro atoms. The van der Waals surface area contributed by atoms with Crippen LogP contribution in [0.15, 0.2) is 60.7 Å². The molecular weight excluding hydrogens is 428 g/mol. The molecule has 1 heterocycles. The zero-order valence-electron chi connectivity index (χ0n) is 20.1. The molecule has 3 aromatic carbocycles. The summed E-state index contributed by atoms with van der Waals surface area (Å²) in [6.07, 6.45) is 1.60. The zero-order chi connectivity index (χ0) is 24.1. The van der Waals surface area contributed by atoms with E-state index in [0.29, 0.717) is 31.8 Å². The fourth-order valence-corrected chi connectivity index (χ4v) is 4.69. The number of benzene rings is 3. The maximum Gasteiger partial charge on any atom is 0.254 e. The van der Waals surface area contributed by atoms with Crippen LogP contribution in [0.4, 0.5) is 0 Å². The molecule has 0 N–H and O–H groups in total. The monoisotopic (exact) mass is 460 g/mol. The molecule has 1 fully saturated rings. The zero-order valence-corrected chi connectivity index (χ0v) is 20.1. The minimum atomic E-state index is -0.199. The lowest BCUT2D eigenvalue weighted by atomic mass is 9.95. The first kappa shape index (κ1) is 23.6. The number of fused-ring (bicyclic) bond motifs is 1. The molecule has 0 bridgehead atoms. The van der Waals surface area contributed by atoms with Crippen LogP contribution in [0.3, 0.4) is 0 Å². The SMILES string of the molecule is CCOc1ccc(CN(C)C(=O)[C@H]2CCCN(C(=O)c3ccc(OC)c4ccccc34)C2)cc1. The Labute approximate surface area is 201 Å². The number of likely N-dealkylation sites (tertiary alicyclic amines) is 1. The fraction of sp³-hybridized carbons (Fsp3) is 0.357. The number of methoxy groups -OCH3 is 1. The molecular formula is C28H32N2O4. The molecule has 4 rings (SSSR count). The number of hydrogen-bond acceptors (Lipinski definition) is 4. The van der Waals surface area contributed by atoms with Gasteiger partial charge in [-0.1, -0.05) is 36.4 Å². The standard InChI is InChI=1S/C28H32N2O4/c1-4-34-22-13-11-20(12-14-22)18-29(2)27(31)21-8-7-17-30(19-21)28(32)25-15-16-26(33-3)24-10-6-5-9-23(24)25/h5-6,9-16,21H,4,7-8,17-19H2,1-3H3/t21-/m0/s1. The maximum absolute atomic E-state index is 13.5. The van der Waals surface area contributed by atoms with Crippen molar-refractivity contribution < 1.29 is 19.1 Å². The topological polar surface area (TPSA) is 59.1 Å². The summed E-state index contributed by atoms with van der Waals surface area (Å²) in [5.41, 5.74) is 1.69. The Hall–Kier alpha value is -3.54. The first-order chi connectivity index (χ1) is 16.5. The van der Waals surface area contributed by atoms with Crippen molar-refractivity contribution in [1.29, 1.82) is 0 Å². The van der Waals surface area contributed by atoms with Gasteiger partial charge in [-0.05, 0) is 55.0 Å². The summed E-state index contributed by atoms with van der Waals surface area (Å²) in [5, 5.41) is 1.78. The van der Waals surface area contributed by atoms with E-state index in [0.717, 1.165) is 40.7 Å². The number of amides is 2. The van der Waals surface area contributed by atoms with Crippen molar-refractivity contribution in [3.05, 3.63) is 71.8 Å². The molecule has 178 valence electrons. The Morgan fingerprint density at radius 2 is 1.76 bits per heavy atom. The van der Waals surface area contributed by atoms with Crippen molar-refractivity contribution in [2.75, 3.05) is 33.9 Å². The predicted octanol–water partition coefficient (Wildman–Crippen LogP) is 4.76. The van der Waals surface area contributed by atoms with E-state index in [4.69, 9.17) is 9.47 Å². The summed E-state index contributed by atoms with van der Waals surface area (Å²) in [6.45, 7) is 4.20. The van der Waals surface area contributed by atoms with Gasteiger partial charge in [0.05, 0.1) is 19.6 Å². The van der Waals surface area contributed by atoms with Gasteiger partial charge in [0.25, 0.3) is 5.91 Å². The molecule has 0 saturated carbocycles. The Balaban J connectivity index is 1.45. The smallest absolute Gasteiger partial charge is 0.254 e. The second kappa shape index (κ2) is 10.6. The highest BCUT2D eigenvalue weighted by Crippen LogP contribution is 2.30. The van der Waals surface area contributed by atoms with Crippen molar-refractivity contribution >= 4 is 22.6 Å². The number of ether oxygens (including phenoxy) is 2. The van der Waals surface area contributed by atoms with Crippen LogP contribution in [0.5, 0.6) is 11.5 Å². The Morgan fingerprint density at radius 3 is 2.47 bits per heavy atom. The quantitative estimate of drug-likeness (QED) is 0.510. The average Bonchev–Trinajstić information content (AvgIpc) is 2.88. The molecule has 1 aliphatic heterocycles. The molecule has 0 aliphatic carbocycles. The summed E-state index contributed by atoms with van der Waals surface area (Å²) >= 11 is 0. The lowest BCUT2D eigenvalue weighted by Gasteiger charge is -2.34. The minimum absolute atomic E-state index is 0.0366. The first-order valence-electron chi connectivity index (χ1n) is 11.8. The maximum atomic E-state index is 13.5. The second-order valence-electron chi connectivity index (χ2n) is 8.72. The van der Waals surface area contributed by atoms with E-state index in [9.17, 15) is 9.59 Å². The Morgan fingerprint density at radius 1 is 1.03 bits per heavy atom. The van der Waals surface area contributed by atoms with Gasteiger partial charge in [0.15, 0.2) is 0 Å². The van der Waals surface area contributed by atoms with Gasteiger partial charge in [-0.15, -0.1) is 0 Å². The normalized spacial score (nSPS) is 15.7. The molecule has 0 unspecified atom stereocenters. The van der Waals surface area contributed by atoms with Gasteiger partial charge in [0.1, 0.15) is 11.5 Å². The van der Waals surface area contributed by atoms with Crippen LogP contribution in [0, 0.1) is 5.92 Å². The highest BCUT2D eigenvalue weighted by atomic mass is 16.5. The highest BCUT2D eigenvalue weighted by molar-refractivity contribution is 6.08. The number of rotatable bonds is 7. The third kappa shape index (κ3) is 5.01. The number of carbonyl (C=O) groups excluding carboxylic acids is 2. The van der Waals surface area contributed by atoms with Crippen LogP contribution < -0.4 is 9.47 Å². The minimum Gasteiger partial charge on any atom is -0.496 e. The Bertz CT molecular complexity index is 1160. The van der Waals surface area contributed by atoms with Crippen molar-refractivity contribution in [1.82, 2.24) is 9.80 Å². The third-order valence-electron chi connectivity index (χ3n) is 6.42. The van der Waals surface area contributed by atoms with E-state index in [1.807, 2.05) is 79.5 Å². The van der Waals surface area contributed by atoms with Gasteiger partial charge < -0.3 is 19.3 Å². The average molecular weight is 461 g/mol. The molecule has 1 atom stereocenters. The van der Waals surface area contributed by atoms with Gasteiger partial charge in [-0.3, -0.25) is 9.59 Å². The van der Waals surface area contributed by atoms with Gasteiger partial charge in [-0.25, -0.2) is 0 Å². The summed E-state index contributed by atoms with van der Waals surface area (Å²) in [4.78, 5) is 30.3. The van der Waals surface area contributed by atoms with Gasteiger partial charge in [-0.2, -0.15) is 0 Å². The van der Waals surface area contributed by atoms with Crippen LogP contribution in [0.1, 0.15) is 35.7 Å². The van der Waals surface area contributed by atoms with Crippen molar-refractivity contribution in [2.24, 2.45) is 5.92 Å². The highest BCUT2D eigenvalue weighted by Gasteiger charge is 2.31. The molecule has 34 heavy (non-hydrogen) atoms. The van der Waals surface area contributed by atoms with Crippen LogP contribution in [0.2, 0.25) is 0 Å². The van der Waals surface area contributed by atoms with E-state index in [-0.39, 0.29) is 17.7 Å². The van der Waals surface area contributed by atoms with E-state index in [1.165, 1.54) is 0 Å². The predicted molar refractivity (Wildman–Crippen MR) is 133 cm³/mol. The summed E-state index contributed by atoms with van der Waals surface area (Å²) < 4.78 is 11.0. The summed E-state index contributed by atoms with van der Waals surface area (Å²) in [6, 6.07) is 19.3. The van der Waals surface area contributed by atoms with Crippen molar-refractivity contribution in [3.8, 4) is 11.5 Å². The lowest BCUT2D eigenvalue weighted by molar-refractivity contribution is -0.136. The molecule has 1 saturated heterocycles. The lowest BCUT2D eigenvalue weighted by Crippen LogP contribution is -2.45. The molecule has 6 nitrogen and oxygen atoms in total. The van der Waals surface area contributed by atoms with E-state index >= 15 is 0 Å². The molecule has 2 amide bonds. The molecule has 6 heteroatoms. The van der Waals surface area contributed by atoms with E-state index < -0.39 is 0 Å². The summed E-state index contributed by atoms with van der Waals surface area (Å²) in [5.74, 6) is 1.41. The molecule has 1 aliphatic rings. The van der Waals surface area contributed by atoms with Crippen LogP contribution in [0.25, 0.3) is 10.8 Å². The summed E-state index contributed by atoms with van der Waals surface area (Å²) in [7, 11) is 3.46. The number of hydrogen-bond donors (Lipinski definition) is 0. The molecule has 0 aromatic heterocycles. The fourth-order valence-electron chi connectivity index (χ4n) is 4.69. The van der Waals surface area contributed by atoms with E-state index in [2.05, 4.69) is 0 Å². The largest absolute Gasteiger partial charge is 0.496 e.